The number of carbonyl (C=O) groups is 4. The number of hydrogen-bond acceptors (Lipinski definition) is 4. The van der Waals surface area contributed by atoms with E-state index >= 15 is 0 Å². The van der Waals surface area contributed by atoms with Crippen molar-refractivity contribution in [2.45, 2.75) is 25.7 Å². The van der Waals surface area contributed by atoms with Gasteiger partial charge in [0.1, 0.15) is 0 Å². The Morgan fingerprint density at radius 2 is 1.74 bits per heavy atom. The average Bonchev–Trinajstić information content (AvgIpc) is 2.67. The summed E-state index contributed by atoms with van der Waals surface area (Å²) in [4.78, 5) is 45.3. The highest BCUT2D eigenvalue weighted by atomic mass is 16.2. The van der Waals surface area contributed by atoms with E-state index in [2.05, 4.69) is 5.32 Å². The van der Waals surface area contributed by atoms with Gasteiger partial charge in [-0.1, -0.05) is 6.42 Å². The molecule has 1 N–H and O–H groups in total. The lowest BCUT2D eigenvalue weighted by molar-refractivity contribution is -0.137. The standard InChI is InChI=1S/C12H15BN2O4/c13-9(16)8-14-10(17)4-2-1-3-7-15-11(18)5-6-12(15)19/h5-6H,1-4,7-8H2,(H,14,17). The minimum absolute atomic E-state index is 0.152. The summed E-state index contributed by atoms with van der Waals surface area (Å²) in [5.74, 6) is -0.804. The zero-order valence-corrected chi connectivity index (χ0v) is 10.6. The van der Waals surface area contributed by atoms with Crippen molar-refractivity contribution in [2.75, 3.05) is 13.1 Å². The van der Waals surface area contributed by atoms with Crippen molar-refractivity contribution in [2.24, 2.45) is 0 Å². The molecule has 6 nitrogen and oxygen atoms in total. The van der Waals surface area contributed by atoms with E-state index in [9.17, 15) is 19.2 Å². The zero-order chi connectivity index (χ0) is 14.3. The van der Waals surface area contributed by atoms with Crippen molar-refractivity contribution >= 4 is 31.3 Å². The van der Waals surface area contributed by atoms with Crippen LogP contribution in [0.3, 0.4) is 0 Å². The van der Waals surface area contributed by atoms with Crippen LogP contribution in [0.25, 0.3) is 0 Å². The molecule has 2 radical (unpaired) electrons. The first-order valence-electron chi connectivity index (χ1n) is 6.09. The molecule has 0 saturated heterocycles. The Labute approximate surface area is 112 Å². The molecule has 1 heterocycles. The number of unbranched alkanes of at least 4 members (excludes halogenated alkanes) is 2. The lowest BCUT2D eigenvalue weighted by Crippen LogP contribution is -2.31. The average molecular weight is 262 g/mol. The van der Waals surface area contributed by atoms with Crippen LogP contribution in [0.4, 0.5) is 0 Å². The Balaban J connectivity index is 2.05. The topological polar surface area (TPSA) is 83.6 Å². The lowest BCUT2D eigenvalue weighted by atomic mass is 10.0. The summed E-state index contributed by atoms with van der Waals surface area (Å²) in [6, 6.07) is 0. The maximum atomic E-state index is 11.2. The zero-order valence-electron chi connectivity index (χ0n) is 10.6. The van der Waals surface area contributed by atoms with Gasteiger partial charge in [0.2, 0.25) is 5.91 Å². The first-order valence-corrected chi connectivity index (χ1v) is 6.09. The minimum atomic E-state index is -0.577. The Bertz CT molecular complexity index is 402. The quantitative estimate of drug-likeness (QED) is 0.355. The molecule has 0 unspecified atom stereocenters. The molecule has 1 aliphatic rings. The van der Waals surface area contributed by atoms with Crippen LogP contribution in [0.1, 0.15) is 25.7 Å². The van der Waals surface area contributed by atoms with Gasteiger partial charge >= 0.3 is 0 Å². The predicted octanol–water partition coefficient (Wildman–Crippen LogP) is -0.717. The maximum absolute atomic E-state index is 11.2. The van der Waals surface area contributed by atoms with Gasteiger partial charge in [0.25, 0.3) is 11.8 Å². The van der Waals surface area contributed by atoms with Gasteiger partial charge in [0.15, 0.2) is 7.85 Å². The summed E-state index contributed by atoms with van der Waals surface area (Å²) in [5, 5.41) is 2.39. The van der Waals surface area contributed by atoms with Crippen LogP contribution >= 0.6 is 0 Å². The number of imide groups is 1. The number of nitrogens with zero attached hydrogens (tertiary/aromatic N) is 1. The third kappa shape index (κ3) is 5.50. The van der Waals surface area contributed by atoms with Gasteiger partial charge in [-0.15, -0.1) is 0 Å². The number of nitrogens with one attached hydrogen (secondary N) is 1. The maximum Gasteiger partial charge on any atom is 0.253 e. The van der Waals surface area contributed by atoms with Gasteiger partial charge in [-0.2, -0.15) is 0 Å². The van der Waals surface area contributed by atoms with E-state index in [1.807, 2.05) is 0 Å². The number of carbonyl (C=O) groups excluding carboxylic acids is 4. The Morgan fingerprint density at radius 1 is 1.11 bits per heavy atom. The molecule has 19 heavy (non-hydrogen) atoms. The number of amides is 3. The molecule has 0 saturated carbocycles. The summed E-state index contributed by atoms with van der Waals surface area (Å²) in [6.45, 7) is 0.217. The summed E-state index contributed by atoms with van der Waals surface area (Å²) < 4.78 is 0. The van der Waals surface area contributed by atoms with Crippen molar-refractivity contribution in [3.8, 4) is 0 Å². The highest BCUT2D eigenvalue weighted by Crippen LogP contribution is 2.07. The lowest BCUT2D eigenvalue weighted by Gasteiger charge is -2.12. The van der Waals surface area contributed by atoms with Gasteiger partial charge in [-0.05, 0) is 12.8 Å². The van der Waals surface area contributed by atoms with Crippen molar-refractivity contribution < 1.29 is 19.2 Å². The van der Waals surface area contributed by atoms with E-state index in [0.29, 0.717) is 25.8 Å². The molecule has 0 aromatic rings. The molecule has 0 fully saturated rings. The summed E-state index contributed by atoms with van der Waals surface area (Å²) in [5.41, 5.74) is -0.577. The van der Waals surface area contributed by atoms with Crippen molar-refractivity contribution in [1.29, 1.82) is 0 Å². The van der Waals surface area contributed by atoms with E-state index < -0.39 is 5.68 Å². The van der Waals surface area contributed by atoms with Crippen LogP contribution in [-0.2, 0) is 19.2 Å². The molecular weight excluding hydrogens is 247 g/mol. The van der Waals surface area contributed by atoms with Crippen LogP contribution in [0.5, 0.6) is 0 Å². The fraction of sp³-hybridized carbons (Fsp3) is 0.500. The second-order valence-corrected chi connectivity index (χ2v) is 4.22. The van der Waals surface area contributed by atoms with Crippen LogP contribution in [0.15, 0.2) is 12.2 Å². The second-order valence-electron chi connectivity index (χ2n) is 4.22. The molecule has 0 aliphatic carbocycles. The highest BCUT2D eigenvalue weighted by molar-refractivity contribution is 6.58. The molecule has 0 bridgehead atoms. The second kappa shape index (κ2) is 7.50. The van der Waals surface area contributed by atoms with Gasteiger partial charge < -0.3 is 10.1 Å². The van der Waals surface area contributed by atoms with Crippen LogP contribution in [0.2, 0.25) is 0 Å². The monoisotopic (exact) mass is 262 g/mol. The molecule has 7 heteroatoms. The van der Waals surface area contributed by atoms with Crippen molar-refractivity contribution in [3.05, 3.63) is 12.2 Å². The van der Waals surface area contributed by atoms with E-state index in [0.717, 1.165) is 6.42 Å². The molecule has 0 atom stereocenters. The van der Waals surface area contributed by atoms with Crippen molar-refractivity contribution in [3.63, 3.8) is 0 Å². The summed E-state index contributed by atoms with van der Waals surface area (Å²) in [7, 11) is 4.88. The Hall–Kier alpha value is -1.92. The molecule has 0 aromatic carbocycles. The molecule has 100 valence electrons. The van der Waals surface area contributed by atoms with Crippen molar-refractivity contribution in [1.82, 2.24) is 10.2 Å². The summed E-state index contributed by atoms with van der Waals surface area (Å²) >= 11 is 0. The first kappa shape index (κ1) is 15.1. The van der Waals surface area contributed by atoms with Crippen LogP contribution in [-0.4, -0.2) is 49.2 Å². The summed E-state index contributed by atoms with van der Waals surface area (Å²) in [6.07, 6.45) is 4.81. The molecular formula is C12H15BN2O4. The van der Waals surface area contributed by atoms with E-state index in [1.54, 1.807) is 0 Å². The smallest absolute Gasteiger partial charge is 0.253 e. The minimum Gasteiger partial charge on any atom is -0.350 e. The number of hydrogen-bond donors (Lipinski definition) is 1. The molecule has 1 aliphatic heterocycles. The molecule has 0 spiro atoms. The third-order valence-corrected chi connectivity index (χ3v) is 2.65. The fourth-order valence-electron chi connectivity index (χ4n) is 1.66. The largest absolute Gasteiger partial charge is 0.350 e. The van der Waals surface area contributed by atoms with E-state index in [-0.39, 0.29) is 24.3 Å². The molecule has 3 amide bonds. The van der Waals surface area contributed by atoms with Crippen LogP contribution in [0, 0.1) is 0 Å². The van der Waals surface area contributed by atoms with Gasteiger partial charge in [-0.3, -0.25) is 19.3 Å². The van der Waals surface area contributed by atoms with Gasteiger partial charge in [0, 0.05) is 25.1 Å². The highest BCUT2D eigenvalue weighted by Gasteiger charge is 2.22. The third-order valence-electron chi connectivity index (χ3n) is 2.65. The first-order chi connectivity index (χ1) is 9.00. The van der Waals surface area contributed by atoms with Crippen LogP contribution < -0.4 is 5.32 Å². The van der Waals surface area contributed by atoms with Gasteiger partial charge in [0.05, 0.1) is 12.2 Å². The molecule has 0 aromatic heterocycles. The predicted molar refractivity (Wildman–Crippen MR) is 68.1 cm³/mol. The Kier molecular flexibility index (Phi) is 5.98. The SMILES string of the molecule is [B]C(=O)CNC(=O)CCCCCN1C(=O)C=CC1=O. The normalized spacial score (nSPS) is 14.0. The van der Waals surface area contributed by atoms with E-state index in [4.69, 9.17) is 7.85 Å². The van der Waals surface area contributed by atoms with E-state index in [1.165, 1.54) is 17.1 Å². The molecule has 1 rings (SSSR count). The fourth-order valence-corrected chi connectivity index (χ4v) is 1.66. The van der Waals surface area contributed by atoms with Gasteiger partial charge in [-0.25, -0.2) is 0 Å². The Morgan fingerprint density at radius 3 is 2.32 bits per heavy atom. The number of rotatable bonds is 8.